The smallest absolute Gasteiger partial charge is 0.302 e. The van der Waals surface area contributed by atoms with Crippen LogP contribution < -0.4 is 0 Å². The first kappa shape index (κ1) is 19.4. The fourth-order valence-electron chi connectivity index (χ4n) is 2.05. The van der Waals surface area contributed by atoms with Crippen molar-refractivity contribution >= 4 is 7.82 Å². The van der Waals surface area contributed by atoms with Crippen molar-refractivity contribution in [3.63, 3.8) is 0 Å². The summed E-state index contributed by atoms with van der Waals surface area (Å²) in [6.45, 7) is 9.01. The van der Waals surface area contributed by atoms with Gasteiger partial charge in [0.05, 0.1) is 13.2 Å². The lowest BCUT2D eigenvalue weighted by Gasteiger charge is -2.24. The Bertz CT molecular complexity index is 499. The SMILES string of the molecule is CCCOP(=O)(O)OCCCc1cccc(C(C)(C)CC)c1. The van der Waals surface area contributed by atoms with E-state index in [1.165, 1.54) is 11.1 Å². The van der Waals surface area contributed by atoms with Crippen molar-refractivity contribution in [1.29, 1.82) is 0 Å². The van der Waals surface area contributed by atoms with Gasteiger partial charge in [0.1, 0.15) is 0 Å². The number of hydrogen-bond acceptors (Lipinski definition) is 3. The number of benzene rings is 1. The minimum Gasteiger partial charge on any atom is -0.302 e. The molecule has 0 radical (unpaired) electrons. The van der Waals surface area contributed by atoms with Crippen molar-refractivity contribution in [2.24, 2.45) is 0 Å². The summed E-state index contributed by atoms with van der Waals surface area (Å²) >= 11 is 0. The average Bonchev–Trinajstić information content (AvgIpc) is 2.50. The molecule has 1 unspecified atom stereocenters. The number of rotatable bonds is 10. The van der Waals surface area contributed by atoms with Crippen LogP contribution >= 0.6 is 7.82 Å². The van der Waals surface area contributed by atoms with Crippen LogP contribution in [0, 0.1) is 0 Å². The van der Waals surface area contributed by atoms with E-state index in [1.54, 1.807) is 0 Å². The molecule has 126 valence electrons. The Morgan fingerprint density at radius 3 is 2.50 bits per heavy atom. The number of hydrogen-bond donors (Lipinski definition) is 1. The molecule has 0 heterocycles. The van der Waals surface area contributed by atoms with Crippen LogP contribution in [0.1, 0.15) is 58.1 Å². The lowest BCUT2D eigenvalue weighted by Crippen LogP contribution is -2.15. The molecule has 0 aliphatic rings. The van der Waals surface area contributed by atoms with E-state index in [-0.39, 0.29) is 18.6 Å². The van der Waals surface area contributed by atoms with Gasteiger partial charge in [-0.3, -0.25) is 9.05 Å². The highest BCUT2D eigenvalue weighted by Gasteiger charge is 2.20. The number of phosphoric acid groups is 1. The first-order valence-electron chi connectivity index (χ1n) is 8.02. The van der Waals surface area contributed by atoms with E-state index in [0.717, 1.165) is 12.8 Å². The standard InChI is InChI=1S/C17H29O4P/c1-5-12-20-22(18,19)21-13-8-10-15-9-7-11-16(14-15)17(3,4)6-2/h7,9,11,14H,5-6,8,10,12-13H2,1-4H3,(H,18,19). The zero-order chi connectivity index (χ0) is 16.6. The van der Waals surface area contributed by atoms with Gasteiger partial charge in [0.15, 0.2) is 0 Å². The molecule has 0 spiro atoms. The third kappa shape index (κ3) is 6.62. The first-order chi connectivity index (χ1) is 10.3. The van der Waals surface area contributed by atoms with Crippen LogP contribution in [0.4, 0.5) is 0 Å². The van der Waals surface area contributed by atoms with Crippen molar-refractivity contribution in [2.75, 3.05) is 13.2 Å². The van der Waals surface area contributed by atoms with E-state index < -0.39 is 7.82 Å². The van der Waals surface area contributed by atoms with E-state index >= 15 is 0 Å². The van der Waals surface area contributed by atoms with Gasteiger partial charge < -0.3 is 4.89 Å². The molecule has 5 heteroatoms. The van der Waals surface area contributed by atoms with Crippen LogP contribution in [0.3, 0.4) is 0 Å². The Labute approximate surface area is 134 Å². The van der Waals surface area contributed by atoms with Gasteiger partial charge in [-0.25, -0.2) is 4.57 Å². The molecule has 0 aliphatic heterocycles. The largest absolute Gasteiger partial charge is 0.472 e. The number of phosphoric ester groups is 1. The number of aryl methyl sites for hydroxylation is 1. The van der Waals surface area contributed by atoms with Gasteiger partial charge in [0, 0.05) is 0 Å². The van der Waals surface area contributed by atoms with Gasteiger partial charge in [-0.2, -0.15) is 0 Å². The highest BCUT2D eigenvalue weighted by atomic mass is 31.2. The van der Waals surface area contributed by atoms with Crippen molar-refractivity contribution < 1.29 is 18.5 Å². The van der Waals surface area contributed by atoms with E-state index in [0.29, 0.717) is 12.8 Å². The quantitative estimate of drug-likeness (QED) is 0.493. The summed E-state index contributed by atoms with van der Waals surface area (Å²) in [6.07, 6.45) is 3.29. The van der Waals surface area contributed by atoms with Crippen LogP contribution in [0.5, 0.6) is 0 Å². The van der Waals surface area contributed by atoms with E-state index in [4.69, 9.17) is 9.05 Å². The molecule has 0 saturated heterocycles. The van der Waals surface area contributed by atoms with Crippen molar-refractivity contribution in [3.8, 4) is 0 Å². The van der Waals surface area contributed by atoms with Gasteiger partial charge in [0.25, 0.3) is 0 Å². The molecule has 0 saturated carbocycles. The second-order valence-corrected chi connectivity index (χ2v) is 7.63. The summed E-state index contributed by atoms with van der Waals surface area (Å²) < 4.78 is 21.3. The molecule has 0 amide bonds. The minimum absolute atomic E-state index is 0.168. The molecular weight excluding hydrogens is 299 g/mol. The molecule has 0 fully saturated rings. The van der Waals surface area contributed by atoms with Crippen LogP contribution in [-0.2, 0) is 25.4 Å². The van der Waals surface area contributed by atoms with Gasteiger partial charge in [-0.05, 0) is 42.2 Å². The van der Waals surface area contributed by atoms with Crippen molar-refractivity contribution in [1.82, 2.24) is 0 Å². The van der Waals surface area contributed by atoms with Crippen LogP contribution in [0.25, 0.3) is 0 Å². The summed E-state index contributed by atoms with van der Waals surface area (Å²) in [4.78, 5) is 9.44. The summed E-state index contributed by atoms with van der Waals surface area (Å²) in [5.74, 6) is 0. The van der Waals surface area contributed by atoms with Crippen LogP contribution in [0.15, 0.2) is 24.3 Å². The van der Waals surface area contributed by atoms with E-state index in [2.05, 4.69) is 45.0 Å². The fraction of sp³-hybridized carbons (Fsp3) is 0.647. The summed E-state index contributed by atoms with van der Waals surface area (Å²) in [5.41, 5.74) is 2.72. The normalized spacial score (nSPS) is 14.8. The molecular formula is C17H29O4P. The molecule has 4 nitrogen and oxygen atoms in total. The predicted octanol–water partition coefficient (Wildman–Crippen LogP) is 4.85. The third-order valence-corrected chi connectivity index (χ3v) is 4.93. The Hall–Kier alpha value is -0.670. The van der Waals surface area contributed by atoms with E-state index in [9.17, 15) is 9.46 Å². The van der Waals surface area contributed by atoms with Crippen molar-refractivity contribution in [3.05, 3.63) is 35.4 Å². The summed E-state index contributed by atoms with van der Waals surface area (Å²) in [5, 5.41) is 0. The molecule has 0 aromatic heterocycles. The molecule has 1 aromatic rings. The molecule has 1 aromatic carbocycles. The fourth-order valence-corrected chi connectivity index (χ4v) is 2.90. The topological polar surface area (TPSA) is 55.8 Å². The Morgan fingerprint density at radius 2 is 1.86 bits per heavy atom. The van der Waals surface area contributed by atoms with Gasteiger partial charge in [0.2, 0.25) is 0 Å². The van der Waals surface area contributed by atoms with Crippen LogP contribution in [-0.4, -0.2) is 18.1 Å². The second-order valence-electron chi connectivity index (χ2n) is 6.18. The third-order valence-electron chi connectivity index (χ3n) is 3.92. The van der Waals surface area contributed by atoms with Gasteiger partial charge in [-0.1, -0.05) is 52.0 Å². The average molecular weight is 328 g/mol. The molecule has 1 atom stereocenters. The summed E-state index contributed by atoms with van der Waals surface area (Å²) in [6, 6.07) is 8.53. The molecule has 1 rings (SSSR count). The van der Waals surface area contributed by atoms with Gasteiger partial charge in [-0.15, -0.1) is 0 Å². The first-order valence-corrected chi connectivity index (χ1v) is 9.51. The highest BCUT2D eigenvalue weighted by molar-refractivity contribution is 7.47. The zero-order valence-corrected chi connectivity index (χ0v) is 15.1. The monoisotopic (exact) mass is 328 g/mol. The maximum absolute atomic E-state index is 11.5. The molecule has 22 heavy (non-hydrogen) atoms. The Kier molecular flexibility index (Phi) is 7.78. The zero-order valence-electron chi connectivity index (χ0n) is 14.2. The van der Waals surface area contributed by atoms with Gasteiger partial charge >= 0.3 is 7.82 Å². The second kappa shape index (κ2) is 8.83. The Balaban J connectivity index is 2.46. The summed E-state index contributed by atoms with van der Waals surface area (Å²) in [7, 11) is -3.87. The molecule has 0 aliphatic carbocycles. The molecule has 0 bridgehead atoms. The maximum Gasteiger partial charge on any atom is 0.472 e. The highest BCUT2D eigenvalue weighted by Crippen LogP contribution is 2.43. The minimum atomic E-state index is -3.87. The maximum atomic E-state index is 11.5. The lowest BCUT2D eigenvalue weighted by molar-refractivity contribution is 0.148. The Morgan fingerprint density at radius 1 is 1.18 bits per heavy atom. The predicted molar refractivity (Wildman–Crippen MR) is 90.1 cm³/mol. The van der Waals surface area contributed by atoms with E-state index in [1.807, 2.05) is 6.92 Å². The van der Waals surface area contributed by atoms with Crippen LogP contribution in [0.2, 0.25) is 0 Å². The van der Waals surface area contributed by atoms with Crippen molar-refractivity contribution in [2.45, 2.75) is 58.8 Å². The molecule has 1 N–H and O–H groups in total. The lowest BCUT2D eigenvalue weighted by atomic mass is 9.81.